The maximum atomic E-state index is 12.2. The predicted molar refractivity (Wildman–Crippen MR) is 71.5 cm³/mol. The van der Waals surface area contributed by atoms with E-state index < -0.39 is 0 Å². The van der Waals surface area contributed by atoms with E-state index in [2.05, 4.69) is 10.2 Å². The van der Waals surface area contributed by atoms with Crippen molar-refractivity contribution in [2.75, 3.05) is 39.3 Å². The first-order valence-electron chi connectivity index (χ1n) is 7.54. The molecule has 0 atom stereocenters. The van der Waals surface area contributed by atoms with Gasteiger partial charge in [-0.25, -0.2) is 0 Å². The molecule has 2 saturated heterocycles. The lowest BCUT2D eigenvalue weighted by Crippen LogP contribution is -2.64. The molecular formula is C14H25N3O. The third-order valence-electron chi connectivity index (χ3n) is 5.00. The molecular weight excluding hydrogens is 226 g/mol. The molecule has 0 radical (unpaired) electrons. The van der Waals surface area contributed by atoms with Crippen LogP contribution in [0.1, 0.15) is 38.5 Å². The molecule has 1 amide bonds. The van der Waals surface area contributed by atoms with Crippen LogP contribution >= 0.6 is 0 Å². The highest BCUT2D eigenvalue weighted by molar-refractivity contribution is 5.79. The average molecular weight is 251 g/mol. The standard InChI is InChI=1S/C14H25N3O/c18-13(16-8-4-9-16)11-17-10-7-15-12-14(17)5-2-1-3-6-14/h15H,1-12H2. The molecule has 0 bridgehead atoms. The van der Waals surface area contributed by atoms with Crippen LogP contribution in [0.15, 0.2) is 0 Å². The number of piperazine rings is 1. The summed E-state index contributed by atoms with van der Waals surface area (Å²) in [4.78, 5) is 16.7. The van der Waals surface area contributed by atoms with E-state index in [0.29, 0.717) is 12.5 Å². The van der Waals surface area contributed by atoms with Gasteiger partial charge in [0.2, 0.25) is 5.91 Å². The Balaban J connectivity index is 1.65. The number of hydrogen-bond acceptors (Lipinski definition) is 3. The molecule has 102 valence electrons. The van der Waals surface area contributed by atoms with Gasteiger partial charge < -0.3 is 10.2 Å². The minimum absolute atomic E-state index is 0.289. The second kappa shape index (κ2) is 5.17. The zero-order valence-electron chi connectivity index (χ0n) is 11.3. The monoisotopic (exact) mass is 251 g/mol. The van der Waals surface area contributed by atoms with Crippen molar-refractivity contribution in [2.24, 2.45) is 0 Å². The van der Waals surface area contributed by atoms with Gasteiger partial charge in [0.25, 0.3) is 0 Å². The summed E-state index contributed by atoms with van der Waals surface area (Å²) in [5, 5.41) is 3.54. The van der Waals surface area contributed by atoms with E-state index in [4.69, 9.17) is 0 Å². The first-order chi connectivity index (χ1) is 8.80. The minimum atomic E-state index is 0.289. The molecule has 3 fully saturated rings. The summed E-state index contributed by atoms with van der Waals surface area (Å²) in [6, 6.07) is 0. The van der Waals surface area contributed by atoms with Crippen molar-refractivity contribution in [3.63, 3.8) is 0 Å². The molecule has 1 aliphatic carbocycles. The first kappa shape index (κ1) is 12.4. The zero-order valence-corrected chi connectivity index (χ0v) is 11.3. The predicted octanol–water partition coefficient (Wildman–Crippen LogP) is 0.827. The Morgan fingerprint density at radius 3 is 2.50 bits per heavy atom. The molecule has 3 aliphatic rings. The zero-order chi connectivity index (χ0) is 12.4. The van der Waals surface area contributed by atoms with Crippen molar-refractivity contribution in [1.82, 2.24) is 15.1 Å². The lowest BCUT2D eigenvalue weighted by atomic mass is 9.79. The summed E-state index contributed by atoms with van der Waals surface area (Å²) in [6.07, 6.45) is 7.76. The van der Waals surface area contributed by atoms with Crippen LogP contribution in [0.3, 0.4) is 0 Å². The summed E-state index contributed by atoms with van der Waals surface area (Å²) >= 11 is 0. The van der Waals surface area contributed by atoms with Gasteiger partial charge >= 0.3 is 0 Å². The molecule has 0 aromatic carbocycles. The second-order valence-electron chi connectivity index (χ2n) is 6.12. The third-order valence-corrected chi connectivity index (χ3v) is 5.00. The minimum Gasteiger partial charge on any atom is -0.341 e. The molecule has 4 nitrogen and oxygen atoms in total. The molecule has 2 heterocycles. The fraction of sp³-hybridized carbons (Fsp3) is 0.929. The Morgan fingerprint density at radius 2 is 1.83 bits per heavy atom. The van der Waals surface area contributed by atoms with E-state index in [1.165, 1.54) is 38.5 Å². The van der Waals surface area contributed by atoms with E-state index in [9.17, 15) is 4.79 Å². The van der Waals surface area contributed by atoms with E-state index >= 15 is 0 Å². The number of nitrogens with one attached hydrogen (secondary N) is 1. The van der Waals surface area contributed by atoms with Gasteiger partial charge in [0, 0.05) is 38.3 Å². The highest BCUT2D eigenvalue weighted by Crippen LogP contribution is 2.34. The molecule has 1 spiro atoms. The summed E-state index contributed by atoms with van der Waals surface area (Å²) in [5.74, 6) is 0.355. The highest BCUT2D eigenvalue weighted by atomic mass is 16.2. The SMILES string of the molecule is O=C(CN1CCNCC12CCCCC2)N1CCC1. The molecule has 2 aliphatic heterocycles. The molecule has 18 heavy (non-hydrogen) atoms. The second-order valence-corrected chi connectivity index (χ2v) is 6.12. The Morgan fingerprint density at radius 1 is 1.06 bits per heavy atom. The molecule has 4 heteroatoms. The van der Waals surface area contributed by atoms with Crippen LogP contribution in [0.2, 0.25) is 0 Å². The van der Waals surface area contributed by atoms with Gasteiger partial charge in [-0.15, -0.1) is 0 Å². The van der Waals surface area contributed by atoms with Crippen molar-refractivity contribution < 1.29 is 4.79 Å². The maximum Gasteiger partial charge on any atom is 0.236 e. The van der Waals surface area contributed by atoms with Crippen molar-refractivity contribution in [3.8, 4) is 0 Å². The smallest absolute Gasteiger partial charge is 0.236 e. The largest absolute Gasteiger partial charge is 0.341 e. The normalized spacial score (nSPS) is 28.1. The fourth-order valence-corrected chi connectivity index (χ4v) is 3.66. The summed E-state index contributed by atoms with van der Waals surface area (Å²) in [6.45, 7) is 5.78. The molecule has 0 aromatic heterocycles. The van der Waals surface area contributed by atoms with Crippen LogP contribution in [-0.2, 0) is 4.79 Å². The van der Waals surface area contributed by atoms with Crippen LogP contribution < -0.4 is 5.32 Å². The highest BCUT2D eigenvalue weighted by Gasteiger charge is 2.40. The van der Waals surface area contributed by atoms with E-state index in [-0.39, 0.29) is 5.54 Å². The van der Waals surface area contributed by atoms with Crippen molar-refractivity contribution in [1.29, 1.82) is 0 Å². The van der Waals surface area contributed by atoms with Crippen LogP contribution in [-0.4, -0.2) is 60.5 Å². The third kappa shape index (κ3) is 2.28. The molecule has 1 N–H and O–H groups in total. The number of carbonyl (C=O) groups is 1. The van der Waals surface area contributed by atoms with Gasteiger partial charge in [-0.3, -0.25) is 9.69 Å². The van der Waals surface area contributed by atoms with E-state index in [1.54, 1.807) is 0 Å². The Labute approximate surface area is 110 Å². The van der Waals surface area contributed by atoms with Gasteiger partial charge in [0.15, 0.2) is 0 Å². The lowest BCUT2D eigenvalue weighted by Gasteiger charge is -2.50. The molecule has 1 saturated carbocycles. The first-order valence-corrected chi connectivity index (χ1v) is 7.54. The number of hydrogen-bond donors (Lipinski definition) is 1. The Kier molecular flexibility index (Phi) is 3.57. The van der Waals surface area contributed by atoms with Gasteiger partial charge in [-0.05, 0) is 19.3 Å². The summed E-state index contributed by atoms with van der Waals surface area (Å²) in [7, 11) is 0. The number of carbonyl (C=O) groups excluding carboxylic acids is 1. The fourth-order valence-electron chi connectivity index (χ4n) is 3.66. The molecule has 3 rings (SSSR count). The number of nitrogens with zero attached hydrogens (tertiary/aromatic N) is 2. The number of rotatable bonds is 2. The van der Waals surface area contributed by atoms with Crippen molar-refractivity contribution in [2.45, 2.75) is 44.1 Å². The van der Waals surface area contributed by atoms with Crippen LogP contribution in [0.5, 0.6) is 0 Å². The molecule has 0 unspecified atom stereocenters. The number of likely N-dealkylation sites (tertiary alicyclic amines) is 1. The lowest BCUT2D eigenvalue weighted by molar-refractivity contribution is -0.138. The maximum absolute atomic E-state index is 12.2. The van der Waals surface area contributed by atoms with Gasteiger partial charge in [-0.1, -0.05) is 19.3 Å². The quantitative estimate of drug-likeness (QED) is 0.789. The summed E-state index contributed by atoms with van der Waals surface area (Å²) in [5.41, 5.74) is 0.289. The van der Waals surface area contributed by atoms with Gasteiger partial charge in [0.1, 0.15) is 0 Å². The van der Waals surface area contributed by atoms with E-state index in [0.717, 1.165) is 32.7 Å². The van der Waals surface area contributed by atoms with E-state index in [1.807, 2.05) is 4.90 Å². The summed E-state index contributed by atoms with van der Waals surface area (Å²) < 4.78 is 0. The number of amides is 1. The molecule has 0 aromatic rings. The van der Waals surface area contributed by atoms with Gasteiger partial charge in [-0.2, -0.15) is 0 Å². The van der Waals surface area contributed by atoms with Crippen LogP contribution in [0.25, 0.3) is 0 Å². The average Bonchev–Trinajstić information content (AvgIpc) is 2.31. The Hall–Kier alpha value is -0.610. The van der Waals surface area contributed by atoms with Crippen LogP contribution in [0.4, 0.5) is 0 Å². The van der Waals surface area contributed by atoms with Crippen LogP contribution in [0, 0.1) is 0 Å². The van der Waals surface area contributed by atoms with Crippen molar-refractivity contribution in [3.05, 3.63) is 0 Å². The van der Waals surface area contributed by atoms with Crippen molar-refractivity contribution >= 4 is 5.91 Å². The van der Waals surface area contributed by atoms with Gasteiger partial charge in [0.05, 0.1) is 6.54 Å². The Bertz CT molecular complexity index is 300. The topological polar surface area (TPSA) is 35.6 Å².